The fourth-order valence-electron chi connectivity index (χ4n) is 2.31. The fraction of sp³-hybridized carbons (Fsp3) is 0.211. The van der Waals surface area contributed by atoms with Crippen LogP contribution in [0.25, 0.3) is 6.08 Å². The van der Waals surface area contributed by atoms with Gasteiger partial charge in [-0.05, 0) is 42.0 Å². The van der Waals surface area contributed by atoms with Crippen molar-refractivity contribution in [2.24, 2.45) is 0 Å². The summed E-state index contributed by atoms with van der Waals surface area (Å²) in [6.45, 7) is 0.292. The number of benzene rings is 2. The molecule has 0 aliphatic rings. The molecule has 0 saturated heterocycles. The number of hydrogen-bond donors (Lipinski definition) is 2. The Morgan fingerprint density at radius 1 is 1.07 bits per heavy atom. The Labute approximate surface area is 159 Å². The van der Waals surface area contributed by atoms with Gasteiger partial charge in [-0.25, -0.2) is 8.42 Å². The van der Waals surface area contributed by atoms with E-state index in [1.165, 1.54) is 6.08 Å². The topological polar surface area (TPSA) is 93.7 Å². The lowest BCUT2D eigenvalue weighted by atomic mass is 10.1. The van der Waals surface area contributed by atoms with E-state index in [9.17, 15) is 13.2 Å². The maximum atomic E-state index is 12.0. The molecule has 2 aromatic carbocycles. The number of carbonyl (C=O) groups excluding carboxylic acids is 1. The van der Waals surface area contributed by atoms with E-state index in [4.69, 9.17) is 9.47 Å². The molecule has 0 unspecified atom stereocenters. The SMILES string of the molecule is COc1ccc(OC)c(CNC(=O)/C=C/c2ccc(NS(C)(=O)=O)cc2)c1. The highest BCUT2D eigenvalue weighted by atomic mass is 32.2. The van der Waals surface area contributed by atoms with Gasteiger partial charge in [0.05, 0.1) is 20.5 Å². The van der Waals surface area contributed by atoms with E-state index < -0.39 is 10.0 Å². The van der Waals surface area contributed by atoms with Crippen molar-refractivity contribution >= 4 is 27.7 Å². The Balaban J connectivity index is 1.96. The molecular formula is C19H22N2O5S. The third-order valence-electron chi connectivity index (χ3n) is 3.58. The second-order valence-electron chi connectivity index (χ2n) is 5.73. The van der Waals surface area contributed by atoms with Gasteiger partial charge in [0.15, 0.2) is 0 Å². The fourth-order valence-corrected chi connectivity index (χ4v) is 2.87. The molecule has 0 spiro atoms. The third-order valence-corrected chi connectivity index (χ3v) is 4.19. The number of anilines is 1. The zero-order valence-corrected chi connectivity index (χ0v) is 16.2. The second-order valence-corrected chi connectivity index (χ2v) is 7.47. The number of methoxy groups -OCH3 is 2. The van der Waals surface area contributed by atoms with Crippen molar-refractivity contribution in [1.82, 2.24) is 5.32 Å². The highest BCUT2D eigenvalue weighted by Crippen LogP contribution is 2.23. The smallest absolute Gasteiger partial charge is 0.244 e. The number of hydrogen-bond acceptors (Lipinski definition) is 5. The van der Waals surface area contributed by atoms with E-state index in [2.05, 4.69) is 10.0 Å². The van der Waals surface area contributed by atoms with Crippen LogP contribution in [-0.4, -0.2) is 34.8 Å². The van der Waals surface area contributed by atoms with Crippen molar-refractivity contribution in [3.05, 3.63) is 59.7 Å². The van der Waals surface area contributed by atoms with E-state index in [1.807, 2.05) is 0 Å². The Bertz CT molecular complexity index is 922. The number of nitrogens with one attached hydrogen (secondary N) is 2. The van der Waals surface area contributed by atoms with E-state index in [0.717, 1.165) is 17.4 Å². The van der Waals surface area contributed by atoms with Gasteiger partial charge in [-0.1, -0.05) is 12.1 Å². The molecule has 0 heterocycles. The summed E-state index contributed by atoms with van der Waals surface area (Å²) < 4.78 is 35.2. The standard InChI is InChI=1S/C19H22N2O5S/c1-25-17-9-10-18(26-2)15(12-17)13-20-19(22)11-6-14-4-7-16(8-5-14)21-27(3,23)24/h4-12,21H,13H2,1-3H3,(H,20,22)/b11-6+. The van der Waals surface area contributed by atoms with Gasteiger partial charge in [-0.2, -0.15) is 0 Å². The minimum Gasteiger partial charge on any atom is -0.497 e. The molecule has 144 valence electrons. The van der Waals surface area contributed by atoms with Crippen molar-refractivity contribution in [3.8, 4) is 11.5 Å². The van der Waals surface area contributed by atoms with Crippen LogP contribution in [0, 0.1) is 0 Å². The summed E-state index contributed by atoms with van der Waals surface area (Å²) >= 11 is 0. The zero-order valence-electron chi connectivity index (χ0n) is 15.4. The van der Waals surface area contributed by atoms with Crippen LogP contribution in [0.1, 0.15) is 11.1 Å². The minimum atomic E-state index is -3.31. The predicted octanol–water partition coefficient (Wildman–Crippen LogP) is 2.40. The van der Waals surface area contributed by atoms with Crippen molar-refractivity contribution in [2.75, 3.05) is 25.2 Å². The Hall–Kier alpha value is -3.00. The van der Waals surface area contributed by atoms with Crippen LogP contribution in [0.5, 0.6) is 11.5 Å². The third kappa shape index (κ3) is 6.67. The first-order valence-electron chi connectivity index (χ1n) is 8.05. The molecular weight excluding hydrogens is 368 g/mol. The van der Waals surface area contributed by atoms with Gasteiger partial charge in [0.2, 0.25) is 15.9 Å². The van der Waals surface area contributed by atoms with Crippen LogP contribution >= 0.6 is 0 Å². The van der Waals surface area contributed by atoms with Crippen LogP contribution in [0.2, 0.25) is 0 Å². The summed E-state index contributed by atoms with van der Waals surface area (Å²) in [7, 11) is -0.174. The molecule has 0 atom stereocenters. The number of sulfonamides is 1. The highest BCUT2D eigenvalue weighted by molar-refractivity contribution is 7.92. The molecule has 0 bridgehead atoms. The van der Waals surface area contributed by atoms with Gasteiger partial charge in [0.1, 0.15) is 11.5 Å². The molecule has 0 aliphatic carbocycles. The van der Waals surface area contributed by atoms with E-state index in [1.54, 1.807) is 62.8 Å². The van der Waals surface area contributed by atoms with Gasteiger partial charge < -0.3 is 14.8 Å². The van der Waals surface area contributed by atoms with Gasteiger partial charge >= 0.3 is 0 Å². The summed E-state index contributed by atoms with van der Waals surface area (Å²) in [5.41, 5.74) is 2.03. The maximum absolute atomic E-state index is 12.0. The Morgan fingerprint density at radius 2 is 1.78 bits per heavy atom. The van der Waals surface area contributed by atoms with Crippen LogP contribution in [0.15, 0.2) is 48.5 Å². The molecule has 0 aliphatic heterocycles. The van der Waals surface area contributed by atoms with Crippen molar-refractivity contribution < 1.29 is 22.7 Å². The average molecular weight is 390 g/mol. The van der Waals surface area contributed by atoms with Gasteiger partial charge in [-0.3, -0.25) is 9.52 Å². The molecule has 2 rings (SSSR count). The lowest BCUT2D eigenvalue weighted by molar-refractivity contribution is -0.116. The monoisotopic (exact) mass is 390 g/mol. The maximum Gasteiger partial charge on any atom is 0.244 e. The zero-order chi connectivity index (χ0) is 19.9. The largest absolute Gasteiger partial charge is 0.497 e. The van der Waals surface area contributed by atoms with Crippen LogP contribution in [-0.2, 0) is 21.4 Å². The quantitative estimate of drug-likeness (QED) is 0.675. The summed E-state index contributed by atoms with van der Waals surface area (Å²) in [6, 6.07) is 12.0. The Kier molecular flexibility index (Phi) is 6.84. The summed E-state index contributed by atoms with van der Waals surface area (Å²) in [4.78, 5) is 12.0. The molecule has 2 aromatic rings. The molecule has 0 fully saturated rings. The summed E-state index contributed by atoms with van der Waals surface area (Å²) in [5, 5.41) is 2.78. The van der Waals surface area contributed by atoms with Gasteiger partial charge in [0.25, 0.3) is 0 Å². The number of ether oxygens (including phenoxy) is 2. The van der Waals surface area contributed by atoms with Crippen molar-refractivity contribution in [1.29, 1.82) is 0 Å². The first-order valence-corrected chi connectivity index (χ1v) is 9.94. The normalized spacial score (nSPS) is 11.2. The van der Waals surface area contributed by atoms with E-state index >= 15 is 0 Å². The predicted molar refractivity (Wildman–Crippen MR) is 105 cm³/mol. The van der Waals surface area contributed by atoms with Gasteiger partial charge in [-0.15, -0.1) is 0 Å². The molecule has 27 heavy (non-hydrogen) atoms. The lowest BCUT2D eigenvalue weighted by Gasteiger charge is -2.10. The van der Waals surface area contributed by atoms with Crippen LogP contribution in [0.3, 0.4) is 0 Å². The Morgan fingerprint density at radius 3 is 2.37 bits per heavy atom. The highest BCUT2D eigenvalue weighted by Gasteiger charge is 2.06. The first-order chi connectivity index (χ1) is 12.8. The number of carbonyl (C=O) groups is 1. The summed E-state index contributed by atoms with van der Waals surface area (Å²) in [6.07, 6.45) is 4.14. The van der Waals surface area contributed by atoms with Crippen LogP contribution < -0.4 is 19.5 Å². The first kappa shape index (κ1) is 20.3. The van der Waals surface area contributed by atoms with E-state index in [0.29, 0.717) is 23.7 Å². The van der Waals surface area contributed by atoms with E-state index in [-0.39, 0.29) is 5.91 Å². The lowest BCUT2D eigenvalue weighted by Crippen LogP contribution is -2.20. The minimum absolute atomic E-state index is 0.266. The second kappa shape index (κ2) is 9.09. The van der Waals surface area contributed by atoms with Crippen molar-refractivity contribution in [2.45, 2.75) is 6.54 Å². The summed E-state index contributed by atoms with van der Waals surface area (Å²) in [5.74, 6) is 1.07. The van der Waals surface area contributed by atoms with Gasteiger partial charge in [0, 0.05) is 23.9 Å². The average Bonchev–Trinajstić information content (AvgIpc) is 2.64. The van der Waals surface area contributed by atoms with Crippen molar-refractivity contribution in [3.63, 3.8) is 0 Å². The molecule has 7 nitrogen and oxygen atoms in total. The molecule has 8 heteroatoms. The molecule has 2 N–H and O–H groups in total. The molecule has 0 saturated carbocycles. The number of rotatable bonds is 8. The number of amides is 1. The molecule has 1 amide bonds. The molecule has 0 radical (unpaired) electrons. The molecule has 0 aromatic heterocycles. The van der Waals surface area contributed by atoms with Crippen LogP contribution in [0.4, 0.5) is 5.69 Å².